The molecular weight excluding hydrogens is 148 g/mol. The topological polar surface area (TPSA) is 16.1 Å². The fraction of sp³-hybridized carbons (Fsp3) is 0.500. The van der Waals surface area contributed by atoms with E-state index in [9.17, 15) is 0 Å². The van der Waals surface area contributed by atoms with Gasteiger partial charge in [0, 0.05) is 25.5 Å². The van der Waals surface area contributed by atoms with Crippen LogP contribution in [0, 0.1) is 0 Å². The second-order valence-corrected chi connectivity index (χ2v) is 2.82. The highest BCUT2D eigenvalue weighted by Gasteiger charge is 2.13. The van der Waals surface area contributed by atoms with Gasteiger partial charge in [-0.2, -0.15) is 0 Å². The molecule has 0 aromatic carbocycles. The first-order valence-electron chi connectivity index (χ1n) is 4.46. The van der Waals surface area contributed by atoms with Gasteiger partial charge in [0.05, 0.1) is 0 Å². The fourth-order valence-corrected chi connectivity index (χ4v) is 1.39. The van der Waals surface area contributed by atoms with Crippen molar-refractivity contribution in [2.75, 3.05) is 7.05 Å². The molecule has 0 aliphatic carbocycles. The van der Waals surface area contributed by atoms with E-state index in [1.807, 2.05) is 26.2 Å². The summed E-state index contributed by atoms with van der Waals surface area (Å²) in [6, 6.07) is 2.10. The number of rotatable bonds is 0. The lowest BCUT2D eigenvalue weighted by Crippen LogP contribution is -2.07. The summed E-state index contributed by atoms with van der Waals surface area (Å²) >= 11 is 0. The smallest absolute Gasteiger partial charge is 0.0316 e. The molecule has 0 fully saturated rings. The molecule has 1 aliphatic heterocycles. The van der Waals surface area contributed by atoms with Crippen molar-refractivity contribution in [1.82, 2.24) is 9.88 Å². The predicted molar refractivity (Wildman–Crippen MR) is 50.8 cm³/mol. The van der Waals surface area contributed by atoms with Gasteiger partial charge in [0.15, 0.2) is 0 Å². The van der Waals surface area contributed by atoms with Gasteiger partial charge in [-0.05, 0) is 24.2 Å². The van der Waals surface area contributed by atoms with E-state index in [1.165, 1.54) is 11.1 Å². The quantitative estimate of drug-likeness (QED) is 0.583. The molecule has 0 radical (unpaired) electrons. The third kappa shape index (κ3) is 1.83. The van der Waals surface area contributed by atoms with Crippen molar-refractivity contribution in [3.63, 3.8) is 0 Å². The van der Waals surface area contributed by atoms with E-state index in [-0.39, 0.29) is 0 Å². The van der Waals surface area contributed by atoms with Crippen LogP contribution in [0.2, 0.25) is 0 Å². The van der Waals surface area contributed by atoms with Crippen LogP contribution in [0.4, 0.5) is 0 Å². The molecule has 0 N–H and O–H groups in total. The Bertz CT molecular complexity index is 220. The molecule has 12 heavy (non-hydrogen) atoms. The molecule has 2 rings (SSSR count). The fourth-order valence-electron chi connectivity index (χ4n) is 1.39. The normalized spacial score (nSPS) is 14.9. The second-order valence-electron chi connectivity index (χ2n) is 2.82. The zero-order chi connectivity index (χ0) is 8.97. The maximum Gasteiger partial charge on any atom is 0.0316 e. The molecule has 0 unspecified atom stereocenters. The number of pyridine rings is 1. The van der Waals surface area contributed by atoms with Crippen molar-refractivity contribution in [2.24, 2.45) is 0 Å². The average Bonchev–Trinajstić information content (AvgIpc) is 2.48. The average molecular weight is 164 g/mol. The van der Waals surface area contributed by atoms with Gasteiger partial charge in [-0.15, -0.1) is 0 Å². The number of nitrogens with zero attached hydrogens (tertiary/aromatic N) is 2. The summed E-state index contributed by atoms with van der Waals surface area (Å²) in [6.07, 6.45) is 3.82. The first-order valence-corrected chi connectivity index (χ1v) is 4.46. The van der Waals surface area contributed by atoms with Gasteiger partial charge < -0.3 is 0 Å². The van der Waals surface area contributed by atoms with Gasteiger partial charge in [-0.25, -0.2) is 0 Å². The Morgan fingerprint density at radius 2 is 1.92 bits per heavy atom. The third-order valence-corrected chi connectivity index (χ3v) is 1.89. The minimum absolute atomic E-state index is 1.06. The Balaban J connectivity index is 0.000000336. The molecule has 66 valence electrons. The minimum atomic E-state index is 1.06. The maximum absolute atomic E-state index is 4.06. The van der Waals surface area contributed by atoms with Crippen LogP contribution in [0.3, 0.4) is 0 Å². The number of aromatic nitrogens is 1. The number of hydrogen-bond acceptors (Lipinski definition) is 2. The van der Waals surface area contributed by atoms with Gasteiger partial charge >= 0.3 is 0 Å². The highest BCUT2D eigenvalue weighted by molar-refractivity contribution is 5.26. The Morgan fingerprint density at radius 1 is 1.25 bits per heavy atom. The molecule has 0 spiro atoms. The summed E-state index contributed by atoms with van der Waals surface area (Å²) in [4.78, 5) is 6.35. The Labute approximate surface area is 74.2 Å². The van der Waals surface area contributed by atoms with Crippen LogP contribution >= 0.6 is 0 Å². The lowest BCUT2D eigenvalue weighted by Gasteiger charge is -2.02. The standard InChI is InChI=1S/C8H10N2.C2H6/c1-10-5-7-2-3-9-4-8(7)6-10;1-2/h2-4H,5-6H2,1H3;1-2H3. The van der Waals surface area contributed by atoms with E-state index in [0.717, 1.165) is 13.1 Å². The first-order chi connectivity index (χ1) is 5.86. The molecule has 2 heteroatoms. The summed E-state index contributed by atoms with van der Waals surface area (Å²) < 4.78 is 0. The number of hydrogen-bond donors (Lipinski definition) is 0. The van der Waals surface area contributed by atoms with E-state index in [4.69, 9.17) is 0 Å². The third-order valence-electron chi connectivity index (χ3n) is 1.89. The molecule has 0 amide bonds. The van der Waals surface area contributed by atoms with Crippen molar-refractivity contribution >= 4 is 0 Å². The van der Waals surface area contributed by atoms with Crippen LogP contribution in [-0.4, -0.2) is 16.9 Å². The molecular formula is C10H16N2. The van der Waals surface area contributed by atoms with Crippen molar-refractivity contribution in [3.05, 3.63) is 29.6 Å². The lowest BCUT2D eigenvalue weighted by atomic mass is 10.2. The predicted octanol–water partition coefficient (Wildman–Crippen LogP) is 2.05. The van der Waals surface area contributed by atoms with Crippen molar-refractivity contribution in [2.45, 2.75) is 26.9 Å². The molecule has 2 heterocycles. The molecule has 1 aromatic rings. The first kappa shape index (κ1) is 9.20. The van der Waals surface area contributed by atoms with Gasteiger partial charge in [0.25, 0.3) is 0 Å². The SMILES string of the molecule is CC.CN1Cc2ccncc2C1. The van der Waals surface area contributed by atoms with Crippen molar-refractivity contribution in [1.29, 1.82) is 0 Å². The molecule has 0 saturated heterocycles. The summed E-state index contributed by atoms with van der Waals surface area (Å²) in [6.45, 7) is 6.14. The van der Waals surface area contributed by atoms with Crippen LogP contribution in [0.1, 0.15) is 25.0 Å². The molecule has 1 aromatic heterocycles. The number of fused-ring (bicyclic) bond motifs is 1. The van der Waals surface area contributed by atoms with E-state index in [0.29, 0.717) is 0 Å². The Kier molecular flexibility index (Phi) is 3.23. The highest BCUT2D eigenvalue weighted by atomic mass is 15.1. The van der Waals surface area contributed by atoms with E-state index < -0.39 is 0 Å². The monoisotopic (exact) mass is 164 g/mol. The van der Waals surface area contributed by atoms with Gasteiger partial charge in [-0.1, -0.05) is 13.8 Å². The largest absolute Gasteiger partial charge is 0.298 e. The van der Waals surface area contributed by atoms with Crippen LogP contribution < -0.4 is 0 Å². The molecule has 0 bridgehead atoms. The van der Waals surface area contributed by atoms with Crippen LogP contribution in [0.25, 0.3) is 0 Å². The van der Waals surface area contributed by atoms with E-state index in [2.05, 4.69) is 23.0 Å². The van der Waals surface area contributed by atoms with Crippen LogP contribution in [-0.2, 0) is 13.1 Å². The zero-order valence-electron chi connectivity index (χ0n) is 8.04. The molecule has 2 nitrogen and oxygen atoms in total. The summed E-state index contributed by atoms with van der Waals surface area (Å²) in [5, 5.41) is 0. The summed E-state index contributed by atoms with van der Waals surface area (Å²) in [5.41, 5.74) is 2.81. The zero-order valence-corrected chi connectivity index (χ0v) is 8.04. The Hall–Kier alpha value is -0.890. The second kappa shape index (κ2) is 4.21. The van der Waals surface area contributed by atoms with Crippen molar-refractivity contribution < 1.29 is 0 Å². The maximum atomic E-state index is 4.06. The van der Waals surface area contributed by atoms with Crippen LogP contribution in [0.15, 0.2) is 18.5 Å². The lowest BCUT2D eigenvalue weighted by molar-refractivity contribution is 0.353. The van der Waals surface area contributed by atoms with E-state index >= 15 is 0 Å². The van der Waals surface area contributed by atoms with Crippen LogP contribution in [0.5, 0.6) is 0 Å². The minimum Gasteiger partial charge on any atom is -0.298 e. The molecule has 0 saturated carbocycles. The Morgan fingerprint density at radius 3 is 2.58 bits per heavy atom. The van der Waals surface area contributed by atoms with Gasteiger partial charge in [0.2, 0.25) is 0 Å². The van der Waals surface area contributed by atoms with Crippen molar-refractivity contribution in [3.8, 4) is 0 Å². The molecule has 1 aliphatic rings. The molecule has 0 atom stereocenters. The summed E-state index contributed by atoms with van der Waals surface area (Å²) in [7, 11) is 2.12. The summed E-state index contributed by atoms with van der Waals surface area (Å²) in [5.74, 6) is 0. The van der Waals surface area contributed by atoms with Gasteiger partial charge in [-0.3, -0.25) is 9.88 Å². The van der Waals surface area contributed by atoms with Gasteiger partial charge in [0.1, 0.15) is 0 Å². The highest BCUT2D eigenvalue weighted by Crippen LogP contribution is 2.18. The van der Waals surface area contributed by atoms with E-state index in [1.54, 1.807) is 0 Å².